The zero-order chi connectivity index (χ0) is 25.9. The highest BCUT2D eigenvalue weighted by molar-refractivity contribution is 6.32. The number of phenols is 1. The summed E-state index contributed by atoms with van der Waals surface area (Å²) in [6, 6.07) is 10.7. The normalized spacial score (nSPS) is 16.7. The molecule has 9 nitrogen and oxygen atoms in total. The van der Waals surface area contributed by atoms with Gasteiger partial charge in [-0.15, -0.1) is 0 Å². The van der Waals surface area contributed by atoms with Gasteiger partial charge < -0.3 is 20.6 Å². The highest BCUT2D eigenvalue weighted by Crippen LogP contribution is 2.46. The van der Waals surface area contributed by atoms with Crippen LogP contribution in [0.1, 0.15) is 29.3 Å². The van der Waals surface area contributed by atoms with Gasteiger partial charge in [0.05, 0.1) is 16.3 Å². The van der Waals surface area contributed by atoms with Crippen LogP contribution in [0.3, 0.4) is 0 Å². The van der Waals surface area contributed by atoms with Gasteiger partial charge >= 0.3 is 0 Å². The monoisotopic (exact) mass is 515 g/mol. The predicted molar refractivity (Wildman–Crippen MR) is 136 cm³/mol. The van der Waals surface area contributed by atoms with Crippen LogP contribution in [0.2, 0.25) is 5.02 Å². The molecule has 4 N–H and O–H groups in total. The number of halogens is 2. The van der Waals surface area contributed by atoms with Crippen molar-refractivity contribution in [2.75, 3.05) is 11.1 Å². The third-order valence-corrected chi connectivity index (χ3v) is 6.91. The molecule has 0 saturated heterocycles. The van der Waals surface area contributed by atoms with Crippen LogP contribution in [0.5, 0.6) is 5.75 Å². The van der Waals surface area contributed by atoms with Crippen molar-refractivity contribution in [1.29, 1.82) is 0 Å². The van der Waals surface area contributed by atoms with Crippen LogP contribution in [0.15, 0.2) is 61.1 Å². The first-order valence-electron chi connectivity index (χ1n) is 11.3. The maximum Gasteiger partial charge on any atom is 0.240 e. The van der Waals surface area contributed by atoms with Gasteiger partial charge in [-0.05, 0) is 42.3 Å². The number of aromatic hydroxyl groups is 1. The van der Waals surface area contributed by atoms with Crippen molar-refractivity contribution in [3.05, 3.63) is 94.3 Å². The summed E-state index contributed by atoms with van der Waals surface area (Å²) in [4.78, 5) is 31.4. The molecule has 37 heavy (non-hydrogen) atoms. The van der Waals surface area contributed by atoms with Gasteiger partial charge in [0.2, 0.25) is 5.91 Å². The summed E-state index contributed by atoms with van der Waals surface area (Å²) < 4.78 is 15.2. The van der Waals surface area contributed by atoms with Gasteiger partial charge in [-0.25, -0.2) is 24.3 Å². The first-order valence-corrected chi connectivity index (χ1v) is 11.7. The predicted octanol–water partition coefficient (Wildman–Crippen LogP) is 4.12. The van der Waals surface area contributed by atoms with Crippen molar-refractivity contribution >= 4 is 34.8 Å². The Balaban J connectivity index is 1.45. The standard InChI is InChI=1S/C26H19ClFN7O2/c1-26(14-4-7-19(36)16(27)11-14)20-21(29)32-22(33-23(20)34-25(26)37)18-12-35-9-8-30-24(35)17(31-18)10-13-2-5-15(28)6-3-13/h2-9,11-12,36H,10H2,1H3,(H3,29,32,33,34,37). The smallest absolute Gasteiger partial charge is 0.240 e. The summed E-state index contributed by atoms with van der Waals surface area (Å²) in [5, 5.41) is 12.7. The molecule has 1 aliphatic rings. The molecule has 0 bridgehead atoms. The average molecular weight is 516 g/mol. The van der Waals surface area contributed by atoms with E-state index >= 15 is 0 Å². The SMILES string of the molecule is CC1(c2ccc(O)c(Cl)c2)C(=O)Nc2nc(-c3cn4ccnc4c(Cc4ccc(F)cc4)n3)nc(N)c21. The topological polar surface area (TPSA) is 131 Å². The fourth-order valence-electron chi connectivity index (χ4n) is 4.63. The Morgan fingerprint density at radius 3 is 2.70 bits per heavy atom. The minimum absolute atomic E-state index is 0.0929. The maximum atomic E-state index is 13.4. The number of rotatable bonds is 4. The Kier molecular flexibility index (Phi) is 5.09. The summed E-state index contributed by atoms with van der Waals surface area (Å²) in [5.41, 5.74) is 8.72. The van der Waals surface area contributed by atoms with Crippen molar-refractivity contribution in [1.82, 2.24) is 24.3 Å². The number of nitrogen functional groups attached to an aromatic ring is 1. The van der Waals surface area contributed by atoms with Crippen LogP contribution < -0.4 is 11.1 Å². The summed E-state index contributed by atoms with van der Waals surface area (Å²) in [7, 11) is 0. The van der Waals surface area contributed by atoms with E-state index in [9.17, 15) is 14.3 Å². The number of carbonyl (C=O) groups excluding carboxylic acids is 1. The Bertz CT molecular complexity index is 1720. The van der Waals surface area contributed by atoms with Crippen molar-refractivity contribution in [3.63, 3.8) is 0 Å². The van der Waals surface area contributed by atoms with E-state index in [1.54, 1.807) is 48.1 Å². The molecule has 11 heteroatoms. The number of hydrogen-bond donors (Lipinski definition) is 3. The molecule has 0 fully saturated rings. The van der Waals surface area contributed by atoms with Crippen LogP contribution in [-0.2, 0) is 16.6 Å². The molecule has 184 valence electrons. The molecule has 4 heterocycles. The molecule has 0 aliphatic carbocycles. The Morgan fingerprint density at radius 2 is 1.95 bits per heavy atom. The lowest BCUT2D eigenvalue weighted by atomic mass is 9.77. The minimum Gasteiger partial charge on any atom is -0.506 e. The summed E-state index contributed by atoms with van der Waals surface area (Å²) >= 11 is 6.11. The third kappa shape index (κ3) is 3.64. The van der Waals surface area contributed by atoms with E-state index in [0.717, 1.165) is 5.56 Å². The molecular formula is C26H19ClFN7O2. The average Bonchev–Trinajstić information content (AvgIpc) is 3.45. The molecule has 0 saturated carbocycles. The second kappa shape index (κ2) is 8.24. The Hall–Kier alpha value is -4.57. The minimum atomic E-state index is -1.22. The number of amides is 1. The van der Waals surface area contributed by atoms with Crippen molar-refractivity contribution in [3.8, 4) is 17.3 Å². The van der Waals surface area contributed by atoms with E-state index in [1.165, 1.54) is 24.3 Å². The molecule has 1 aliphatic heterocycles. The van der Waals surface area contributed by atoms with Crippen molar-refractivity contribution in [2.45, 2.75) is 18.8 Å². The number of carbonyl (C=O) groups is 1. The fraction of sp³-hybridized carbons (Fsp3) is 0.115. The highest BCUT2D eigenvalue weighted by Gasteiger charge is 2.47. The zero-order valence-electron chi connectivity index (χ0n) is 19.4. The van der Waals surface area contributed by atoms with Crippen molar-refractivity contribution in [2.24, 2.45) is 0 Å². The van der Waals surface area contributed by atoms with Gasteiger partial charge in [0.15, 0.2) is 11.5 Å². The van der Waals surface area contributed by atoms with E-state index < -0.39 is 5.41 Å². The molecule has 3 aromatic heterocycles. The summed E-state index contributed by atoms with van der Waals surface area (Å²) in [6.45, 7) is 1.70. The first-order chi connectivity index (χ1) is 17.7. The van der Waals surface area contributed by atoms with E-state index in [-0.39, 0.29) is 40.0 Å². The quantitative estimate of drug-likeness (QED) is 0.328. The molecule has 5 aromatic rings. The Labute approximate surface area is 214 Å². The number of phenolic OH excluding ortho intramolecular Hbond substituents is 1. The van der Waals surface area contributed by atoms with Gasteiger partial charge in [-0.2, -0.15) is 0 Å². The molecule has 1 unspecified atom stereocenters. The highest BCUT2D eigenvalue weighted by atomic mass is 35.5. The number of imidazole rings is 1. The van der Waals surface area contributed by atoms with Gasteiger partial charge in [-0.3, -0.25) is 4.79 Å². The number of anilines is 2. The molecule has 1 atom stereocenters. The van der Waals surface area contributed by atoms with Crippen LogP contribution >= 0.6 is 11.6 Å². The number of nitrogens with two attached hydrogens (primary N) is 1. The summed E-state index contributed by atoms with van der Waals surface area (Å²) in [5.74, 6) is -0.158. The molecular weight excluding hydrogens is 497 g/mol. The second-order valence-corrected chi connectivity index (χ2v) is 9.34. The number of nitrogens with zero attached hydrogens (tertiary/aromatic N) is 5. The van der Waals surface area contributed by atoms with Gasteiger partial charge in [0.25, 0.3) is 0 Å². The third-order valence-electron chi connectivity index (χ3n) is 6.61. The summed E-state index contributed by atoms with van der Waals surface area (Å²) in [6.07, 6.45) is 5.57. The Morgan fingerprint density at radius 1 is 1.16 bits per heavy atom. The largest absolute Gasteiger partial charge is 0.506 e. The van der Waals surface area contributed by atoms with E-state index in [0.29, 0.717) is 34.6 Å². The van der Waals surface area contributed by atoms with E-state index in [4.69, 9.17) is 22.3 Å². The number of nitrogens with one attached hydrogen (secondary N) is 1. The number of aromatic nitrogens is 5. The van der Waals surface area contributed by atoms with Crippen LogP contribution in [0.4, 0.5) is 16.0 Å². The maximum absolute atomic E-state index is 13.4. The molecule has 6 rings (SSSR count). The molecule has 1 amide bonds. The van der Waals surface area contributed by atoms with Crippen LogP contribution in [-0.4, -0.2) is 35.4 Å². The van der Waals surface area contributed by atoms with Gasteiger partial charge in [0.1, 0.15) is 34.3 Å². The molecule has 0 spiro atoms. The fourth-order valence-corrected chi connectivity index (χ4v) is 4.81. The lowest BCUT2D eigenvalue weighted by Gasteiger charge is -2.23. The zero-order valence-corrected chi connectivity index (χ0v) is 20.2. The first kappa shape index (κ1) is 22.9. The molecule has 0 radical (unpaired) electrons. The second-order valence-electron chi connectivity index (χ2n) is 8.94. The van der Waals surface area contributed by atoms with Gasteiger partial charge in [-0.1, -0.05) is 29.8 Å². The van der Waals surface area contributed by atoms with Crippen LogP contribution in [0, 0.1) is 5.82 Å². The van der Waals surface area contributed by atoms with E-state index in [2.05, 4.69) is 20.3 Å². The van der Waals surface area contributed by atoms with Gasteiger partial charge in [0, 0.05) is 25.0 Å². The van der Waals surface area contributed by atoms with E-state index in [1.807, 2.05) is 0 Å². The number of hydrogen-bond acceptors (Lipinski definition) is 7. The number of benzene rings is 2. The molecule has 2 aromatic carbocycles. The number of fused-ring (bicyclic) bond motifs is 2. The lowest BCUT2D eigenvalue weighted by Crippen LogP contribution is -2.33. The lowest BCUT2D eigenvalue weighted by molar-refractivity contribution is -0.119. The van der Waals surface area contributed by atoms with Crippen LogP contribution in [0.25, 0.3) is 17.2 Å². The van der Waals surface area contributed by atoms with Crippen molar-refractivity contribution < 1.29 is 14.3 Å².